The van der Waals surface area contributed by atoms with Gasteiger partial charge >= 0.3 is 0 Å². The molecule has 0 spiro atoms. The molecular weight excluding hydrogens is 230 g/mol. The second-order valence-corrected chi connectivity index (χ2v) is 5.09. The quantitative estimate of drug-likeness (QED) is 0.807. The Kier molecular flexibility index (Phi) is 6.37. The average Bonchev–Trinajstić information content (AvgIpc) is 2.36. The summed E-state index contributed by atoms with van der Waals surface area (Å²) < 4.78 is 0. The lowest BCUT2D eigenvalue weighted by atomic mass is 10.3. The normalized spacial score (nSPS) is 12.5. The fraction of sp³-hybridized carbons (Fsp3) is 0.615. The lowest BCUT2D eigenvalue weighted by molar-refractivity contribution is 0.701. The summed E-state index contributed by atoms with van der Waals surface area (Å²) in [5.74, 6) is 2.18. The number of hydrogen-bond acceptors (Lipinski definition) is 4. The Labute approximate surface area is 109 Å². The molecule has 0 aromatic carbocycles. The third-order valence-electron chi connectivity index (χ3n) is 2.78. The van der Waals surface area contributed by atoms with E-state index < -0.39 is 0 Å². The maximum Gasteiger partial charge on any atom is 0.128 e. The average molecular weight is 253 g/mol. The van der Waals surface area contributed by atoms with Crippen molar-refractivity contribution in [1.82, 2.24) is 10.3 Å². The third kappa shape index (κ3) is 4.56. The molecule has 96 valence electrons. The predicted octanol–water partition coefficient (Wildman–Crippen LogP) is 2.38. The Morgan fingerprint density at radius 2 is 2.24 bits per heavy atom. The van der Waals surface area contributed by atoms with E-state index in [1.54, 1.807) is 0 Å². The first-order chi connectivity index (χ1) is 8.19. The van der Waals surface area contributed by atoms with Crippen LogP contribution in [0.15, 0.2) is 18.2 Å². The molecule has 1 heterocycles. The predicted molar refractivity (Wildman–Crippen MR) is 77.9 cm³/mol. The summed E-state index contributed by atoms with van der Waals surface area (Å²) in [6.45, 7) is 6.16. The second-order valence-electron chi connectivity index (χ2n) is 4.18. The summed E-state index contributed by atoms with van der Waals surface area (Å²) >= 11 is 1.87. The molecule has 0 amide bonds. The summed E-state index contributed by atoms with van der Waals surface area (Å²) in [7, 11) is 2.11. The van der Waals surface area contributed by atoms with Gasteiger partial charge in [-0.05, 0) is 31.9 Å². The maximum atomic E-state index is 4.67. The molecule has 4 heteroatoms. The molecule has 0 bridgehead atoms. The van der Waals surface area contributed by atoms with Crippen LogP contribution in [0.25, 0.3) is 0 Å². The molecule has 1 rings (SSSR count). The number of rotatable bonds is 7. The van der Waals surface area contributed by atoms with Crippen LogP contribution in [0.1, 0.15) is 19.5 Å². The first-order valence-corrected chi connectivity index (χ1v) is 7.46. The molecule has 1 atom stereocenters. The van der Waals surface area contributed by atoms with Gasteiger partial charge in [0.25, 0.3) is 0 Å². The second kappa shape index (κ2) is 7.56. The zero-order valence-corrected chi connectivity index (χ0v) is 12.0. The zero-order chi connectivity index (χ0) is 12.7. The van der Waals surface area contributed by atoms with Gasteiger partial charge in [0.1, 0.15) is 5.82 Å². The van der Waals surface area contributed by atoms with E-state index in [0.717, 1.165) is 30.4 Å². The molecule has 0 fully saturated rings. The fourth-order valence-electron chi connectivity index (χ4n) is 1.59. The third-order valence-corrected chi connectivity index (χ3v) is 3.59. The van der Waals surface area contributed by atoms with Crippen molar-refractivity contribution in [2.75, 3.05) is 30.5 Å². The summed E-state index contributed by atoms with van der Waals surface area (Å²) in [4.78, 5) is 6.91. The minimum Gasteiger partial charge on any atom is -0.356 e. The number of aromatic nitrogens is 1. The Bertz CT molecular complexity index is 330. The monoisotopic (exact) mass is 253 g/mol. The molecular formula is C13H23N3S. The van der Waals surface area contributed by atoms with Crippen LogP contribution in [0.2, 0.25) is 0 Å². The van der Waals surface area contributed by atoms with E-state index in [1.165, 1.54) is 0 Å². The van der Waals surface area contributed by atoms with Crippen molar-refractivity contribution in [3.63, 3.8) is 0 Å². The SMILES string of the molecule is CCNCc1cccc(N(C)C(C)CSC)n1. The van der Waals surface area contributed by atoms with Gasteiger partial charge in [0, 0.05) is 25.4 Å². The van der Waals surface area contributed by atoms with E-state index in [2.05, 4.69) is 60.6 Å². The molecule has 0 saturated heterocycles. The van der Waals surface area contributed by atoms with Crippen LogP contribution in [0.4, 0.5) is 5.82 Å². The Morgan fingerprint density at radius 3 is 2.88 bits per heavy atom. The Morgan fingerprint density at radius 1 is 1.47 bits per heavy atom. The molecule has 1 N–H and O–H groups in total. The van der Waals surface area contributed by atoms with Crippen molar-refractivity contribution < 1.29 is 0 Å². The van der Waals surface area contributed by atoms with Crippen LogP contribution in [-0.2, 0) is 6.54 Å². The number of nitrogens with one attached hydrogen (secondary N) is 1. The zero-order valence-electron chi connectivity index (χ0n) is 11.2. The topological polar surface area (TPSA) is 28.2 Å². The fourth-order valence-corrected chi connectivity index (χ4v) is 2.30. The molecule has 0 saturated carbocycles. The number of nitrogens with zero attached hydrogens (tertiary/aromatic N) is 2. The number of thioether (sulfide) groups is 1. The summed E-state index contributed by atoms with van der Waals surface area (Å²) in [5, 5.41) is 3.30. The smallest absolute Gasteiger partial charge is 0.128 e. The first-order valence-electron chi connectivity index (χ1n) is 6.07. The molecule has 17 heavy (non-hydrogen) atoms. The van der Waals surface area contributed by atoms with Crippen molar-refractivity contribution >= 4 is 17.6 Å². The summed E-state index contributed by atoms with van der Waals surface area (Å²) in [6, 6.07) is 6.73. The number of pyridine rings is 1. The Balaban J connectivity index is 2.69. The number of anilines is 1. The molecule has 0 aliphatic heterocycles. The van der Waals surface area contributed by atoms with Crippen LogP contribution in [0.3, 0.4) is 0 Å². The van der Waals surface area contributed by atoms with Crippen LogP contribution < -0.4 is 10.2 Å². The lowest BCUT2D eigenvalue weighted by Gasteiger charge is -2.25. The van der Waals surface area contributed by atoms with Gasteiger partial charge in [0.2, 0.25) is 0 Å². The van der Waals surface area contributed by atoms with Gasteiger partial charge in [0.15, 0.2) is 0 Å². The molecule has 3 nitrogen and oxygen atoms in total. The highest BCUT2D eigenvalue weighted by atomic mass is 32.2. The van der Waals surface area contributed by atoms with Crippen LogP contribution in [-0.4, -0.2) is 36.6 Å². The van der Waals surface area contributed by atoms with E-state index in [4.69, 9.17) is 0 Å². The van der Waals surface area contributed by atoms with E-state index in [-0.39, 0.29) is 0 Å². The van der Waals surface area contributed by atoms with E-state index >= 15 is 0 Å². The van der Waals surface area contributed by atoms with E-state index in [0.29, 0.717) is 6.04 Å². The van der Waals surface area contributed by atoms with Crippen molar-refractivity contribution in [2.24, 2.45) is 0 Å². The molecule has 1 aromatic rings. The highest BCUT2D eigenvalue weighted by Crippen LogP contribution is 2.14. The van der Waals surface area contributed by atoms with Gasteiger partial charge in [-0.15, -0.1) is 0 Å². The van der Waals surface area contributed by atoms with E-state index in [9.17, 15) is 0 Å². The van der Waals surface area contributed by atoms with Crippen molar-refractivity contribution in [3.8, 4) is 0 Å². The number of hydrogen-bond donors (Lipinski definition) is 1. The van der Waals surface area contributed by atoms with Crippen LogP contribution in [0, 0.1) is 0 Å². The summed E-state index contributed by atoms with van der Waals surface area (Å²) in [6.07, 6.45) is 2.14. The molecule has 0 aliphatic rings. The highest BCUT2D eigenvalue weighted by molar-refractivity contribution is 7.98. The van der Waals surface area contributed by atoms with Gasteiger partial charge in [-0.1, -0.05) is 13.0 Å². The molecule has 0 aliphatic carbocycles. The minimum atomic E-state index is 0.506. The first kappa shape index (κ1) is 14.3. The van der Waals surface area contributed by atoms with E-state index in [1.807, 2.05) is 11.8 Å². The lowest BCUT2D eigenvalue weighted by Crippen LogP contribution is -2.31. The summed E-state index contributed by atoms with van der Waals surface area (Å²) in [5.41, 5.74) is 1.10. The van der Waals surface area contributed by atoms with Crippen molar-refractivity contribution in [3.05, 3.63) is 23.9 Å². The molecule has 1 unspecified atom stereocenters. The van der Waals surface area contributed by atoms with Gasteiger partial charge in [-0.2, -0.15) is 11.8 Å². The van der Waals surface area contributed by atoms with Gasteiger partial charge < -0.3 is 10.2 Å². The minimum absolute atomic E-state index is 0.506. The van der Waals surface area contributed by atoms with Crippen LogP contribution in [0.5, 0.6) is 0 Å². The van der Waals surface area contributed by atoms with Gasteiger partial charge in [0.05, 0.1) is 5.69 Å². The molecule has 1 aromatic heterocycles. The van der Waals surface area contributed by atoms with Crippen molar-refractivity contribution in [1.29, 1.82) is 0 Å². The van der Waals surface area contributed by atoms with Crippen LogP contribution >= 0.6 is 11.8 Å². The molecule has 0 radical (unpaired) electrons. The largest absolute Gasteiger partial charge is 0.356 e. The van der Waals surface area contributed by atoms with Crippen molar-refractivity contribution in [2.45, 2.75) is 26.4 Å². The standard InChI is InChI=1S/C13H23N3S/c1-5-14-9-12-7-6-8-13(15-12)16(3)11(2)10-17-4/h6-8,11,14H,5,9-10H2,1-4H3. The Hall–Kier alpha value is -0.740. The maximum absolute atomic E-state index is 4.67. The van der Waals surface area contributed by atoms with Gasteiger partial charge in [-0.3, -0.25) is 0 Å². The highest BCUT2D eigenvalue weighted by Gasteiger charge is 2.10. The van der Waals surface area contributed by atoms with Gasteiger partial charge in [-0.25, -0.2) is 4.98 Å².